The molecule has 1 aliphatic rings. The van der Waals surface area contributed by atoms with Crippen LogP contribution in [0.1, 0.15) is 25.7 Å². The number of halogens is 1. The Balaban J connectivity index is 2.58. The third-order valence-corrected chi connectivity index (χ3v) is 1.95. The summed E-state index contributed by atoms with van der Waals surface area (Å²) in [6.45, 7) is 0. The topological polar surface area (TPSA) is 26.3 Å². The molecule has 0 atom stereocenters. The van der Waals surface area contributed by atoms with Gasteiger partial charge in [-0.2, -0.15) is 0 Å². The van der Waals surface area contributed by atoms with E-state index in [1.165, 1.54) is 7.11 Å². The summed E-state index contributed by atoms with van der Waals surface area (Å²) in [6.07, 6.45) is 2.26. The van der Waals surface area contributed by atoms with Gasteiger partial charge in [-0.25, -0.2) is 9.18 Å². The molecule has 1 rings (SSSR count). The van der Waals surface area contributed by atoms with Crippen molar-refractivity contribution in [3.8, 4) is 0 Å². The molecule has 3 heteroatoms. The molecule has 10 heavy (non-hydrogen) atoms. The van der Waals surface area contributed by atoms with Crippen molar-refractivity contribution >= 4 is 5.97 Å². The molecule has 0 unspecified atom stereocenters. The highest BCUT2D eigenvalue weighted by atomic mass is 19.1. The molecule has 2 nitrogen and oxygen atoms in total. The molecule has 0 N–H and O–H groups in total. The lowest BCUT2D eigenvalue weighted by molar-refractivity contribution is -0.154. The fourth-order valence-corrected chi connectivity index (χ4v) is 1.32. The second kappa shape index (κ2) is 2.56. The van der Waals surface area contributed by atoms with Gasteiger partial charge in [-0.3, -0.25) is 0 Å². The minimum absolute atomic E-state index is 0.333. The molecular formula is C7H11FO2. The highest BCUT2D eigenvalue weighted by Gasteiger charge is 2.42. The SMILES string of the molecule is COC(=O)C1(F)CCCC1. The Morgan fingerprint density at radius 2 is 2.00 bits per heavy atom. The third-order valence-electron chi connectivity index (χ3n) is 1.95. The summed E-state index contributed by atoms with van der Waals surface area (Å²) in [4.78, 5) is 10.7. The quantitative estimate of drug-likeness (QED) is 0.523. The fraction of sp³-hybridized carbons (Fsp3) is 0.857. The minimum atomic E-state index is -1.66. The summed E-state index contributed by atoms with van der Waals surface area (Å²) >= 11 is 0. The van der Waals surface area contributed by atoms with Crippen molar-refractivity contribution in [3.05, 3.63) is 0 Å². The summed E-state index contributed by atoms with van der Waals surface area (Å²) in [5, 5.41) is 0. The van der Waals surface area contributed by atoms with Crippen LogP contribution in [-0.2, 0) is 9.53 Å². The van der Waals surface area contributed by atoms with Crippen LogP contribution in [0.5, 0.6) is 0 Å². The van der Waals surface area contributed by atoms with Gasteiger partial charge in [-0.1, -0.05) is 0 Å². The van der Waals surface area contributed by atoms with Crippen molar-refractivity contribution < 1.29 is 13.9 Å². The molecule has 1 aliphatic carbocycles. The number of hydrogen-bond donors (Lipinski definition) is 0. The first-order chi connectivity index (χ1) is 4.69. The number of rotatable bonds is 1. The van der Waals surface area contributed by atoms with Crippen LogP contribution in [0.25, 0.3) is 0 Å². The van der Waals surface area contributed by atoms with E-state index in [1.54, 1.807) is 0 Å². The average Bonchev–Trinajstić information content (AvgIpc) is 2.36. The molecule has 0 bridgehead atoms. The lowest BCUT2D eigenvalue weighted by atomic mass is 10.1. The monoisotopic (exact) mass is 146 g/mol. The molecule has 58 valence electrons. The molecule has 0 spiro atoms. The van der Waals surface area contributed by atoms with Gasteiger partial charge in [-0.15, -0.1) is 0 Å². The predicted molar refractivity (Wildman–Crippen MR) is 34.3 cm³/mol. The lowest BCUT2D eigenvalue weighted by Crippen LogP contribution is -2.31. The van der Waals surface area contributed by atoms with Gasteiger partial charge in [-0.05, 0) is 25.7 Å². The maximum absolute atomic E-state index is 13.2. The van der Waals surface area contributed by atoms with E-state index in [1.807, 2.05) is 0 Å². The Bertz CT molecular complexity index is 139. The molecule has 0 aromatic rings. The molecule has 0 saturated heterocycles. The summed E-state index contributed by atoms with van der Waals surface area (Å²) in [6, 6.07) is 0. The zero-order valence-corrected chi connectivity index (χ0v) is 6.02. The van der Waals surface area contributed by atoms with Crippen molar-refractivity contribution in [2.45, 2.75) is 31.4 Å². The number of carbonyl (C=O) groups excluding carboxylic acids is 1. The smallest absolute Gasteiger partial charge is 0.343 e. The maximum atomic E-state index is 13.2. The van der Waals surface area contributed by atoms with Crippen molar-refractivity contribution in [2.24, 2.45) is 0 Å². The molecule has 0 heterocycles. The Kier molecular flexibility index (Phi) is 1.92. The van der Waals surface area contributed by atoms with Crippen LogP contribution < -0.4 is 0 Å². The van der Waals surface area contributed by atoms with E-state index in [-0.39, 0.29) is 0 Å². The first-order valence-electron chi connectivity index (χ1n) is 3.46. The van der Waals surface area contributed by atoms with Crippen LogP contribution in [0.4, 0.5) is 4.39 Å². The van der Waals surface area contributed by atoms with E-state index in [0.29, 0.717) is 12.8 Å². The largest absolute Gasteiger partial charge is 0.467 e. The van der Waals surface area contributed by atoms with E-state index in [0.717, 1.165) is 12.8 Å². The second-order valence-electron chi connectivity index (χ2n) is 2.66. The van der Waals surface area contributed by atoms with E-state index in [4.69, 9.17) is 0 Å². The normalized spacial score (nSPS) is 22.6. The van der Waals surface area contributed by atoms with Crippen LogP contribution >= 0.6 is 0 Å². The average molecular weight is 146 g/mol. The fourth-order valence-electron chi connectivity index (χ4n) is 1.32. The number of methoxy groups -OCH3 is 1. The van der Waals surface area contributed by atoms with Crippen LogP contribution in [0.2, 0.25) is 0 Å². The Hall–Kier alpha value is -0.600. The van der Waals surface area contributed by atoms with Gasteiger partial charge >= 0.3 is 5.97 Å². The number of ether oxygens (including phenoxy) is 1. The summed E-state index contributed by atoms with van der Waals surface area (Å²) in [5.74, 6) is -0.704. The Labute approximate surface area is 59.4 Å². The van der Waals surface area contributed by atoms with Crippen LogP contribution in [-0.4, -0.2) is 18.7 Å². The highest BCUT2D eigenvalue weighted by Crippen LogP contribution is 2.34. The van der Waals surface area contributed by atoms with Crippen molar-refractivity contribution in [3.63, 3.8) is 0 Å². The van der Waals surface area contributed by atoms with E-state index < -0.39 is 11.6 Å². The van der Waals surface area contributed by atoms with Gasteiger partial charge in [0, 0.05) is 0 Å². The van der Waals surface area contributed by atoms with E-state index >= 15 is 0 Å². The third kappa shape index (κ3) is 1.13. The van der Waals surface area contributed by atoms with Gasteiger partial charge in [0.15, 0.2) is 0 Å². The van der Waals surface area contributed by atoms with Crippen LogP contribution in [0, 0.1) is 0 Å². The number of alkyl halides is 1. The van der Waals surface area contributed by atoms with Gasteiger partial charge in [0.1, 0.15) is 0 Å². The molecule has 0 amide bonds. The molecule has 0 radical (unpaired) electrons. The minimum Gasteiger partial charge on any atom is -0.467 e. The summed E-state index contributed by atoms with van der Waals surface area (Å²) in [7, 11) is 1.22. The van der Waals surface area contributed by atoms with E-state index in [9.17, 15) is 9.18 Å². The van der Waals surface area contributed by atoms with Crippen molar-refractivity contribution in [2.75, 3.05) is 7.11 Å². The molecule has 0 aromatic heterocycles. The molecule has 0 aliphatic heterocycles. The van der Waals surface area contributed by atoms with Gasteiger partial charge in [0.2, 0.25) is 5.67 Å². The van der Waals surface area contributed by atoms with Crippen molar-refractivity contribution in [1.82, 2.24) is 0 Å². The zero-order valence-electron chi connectivity index (χ0n) is 6.02. The molecule has 0 aromatic carbocycles. The zero-order chi connectivity index (χ0) is 7.61. The molecule has 1 saturated carbocycles. The first kappa shape index (κ1) is 7.51. The first-order valence-corrected chi connectivity index (χ1v) is 3.46. The van der Waals surface area contributed by atoms with Gasteiger partial charge < -0.3 is 4.74 Å². The van der Waals surface area contributed by atoms with Gasteiger partial charge in [0.25, 0.3) is 0 Å². The van der Waals surface area contributed by atoms with Crippen LogP contribution in [0.3, 0.4) is 0 Å². The number of carbonyl (C=O) groups is 1. The highest BCUT2D eigenvalue weighted by molar-refractivity contribution is 5.79. The summed E-state index contributed by atoms with van der Waals surface area (Å²) in [5.41, 5.74) is -1.66. The molecular weight excluding hydrogens is 135 g/mol. The van der Waals surface area contributed by atoms with Crippen LogP contribution in [0.15, 0.2) is 0 Å². The Morgan fingerprint density at radius 1 is 1.50 bits per heavy atom. The van der Waals surface area contributed by atoms with Gasteiger partial charge in [0.05, 0.1) is 7.11 Å². The summed E-state index contributed by atoms with van der Waals surface area (Å²) < 4.78 is 17.6. The second-order valence-corrected chi connectivity index (χ2v) is 2.66. The maximum Gasteiger partial charge on any atom is 0.343 e. The molecule has 1 fully saturated rings. The van der Waals surface area contributed by atoms with E-state index in [2.05, 4.69) is 4.74 Å². The lowest BCUT2D eigenvalue weighted by Gasteiger charge is -2.14. The number of hydrogen-bond acceptors (Lipinski definition) is 2. The number of esters is 1. The standard InChI is InChI=1S/C7H11FO2/c1-10-6(9)7(8)4-2-3-5-7/h2-5H2,1H3. The Morgan fingerprint density at radius 3 is 2.40 bits per heavy atom. The van der Waals surface area contributed by atoms with Crippen molar-refractivity contribution in [1.29, 1.82) is 0 Å². The predicted octanol–water partition coefficient (Wildman–Crippen LogP) is 1.44.